The molecule has 0 spiro atoms. The van der Waals surface area contributed by atoms with Crippen LogP contribution in [0.1, 0.15) is 11.5 Å². The van der Waals surface area contributed by atoms with E-state index in [0.29, 0.717) is 0 Å². The van der Waals surface area contributed by atoms with E-state index >= 15 is 0 Å². The summed E-state index contributed by atoms with van der Waals surface area (Å²) in [6.45, 7) is 1.96. The van der Waals surface area contributed by atoms with Gasteiger partial charge >= 0.3 is 5.97 Å². The summed E-state index contributed by atoms with van der Waals surface area (Å²) in [7, 11) is -4.08. The van der Waals surface area contributed by atoms with Gasteiger partial charge in [0, 0.05) is 0 Å². The Bertz CT molecular complexity index is 501. The number of nitrogens with one attached hydrogen (secondary N) is 1. The second-order valence-corrected chi connectivity index (χ2v) is 5.00. The monoisotopic (exact) mass is 264 g/mol. The largest absolute Gasteiger partial charge is 0.480 e. The van der Waals surface area contributed by atoms with Crippen LogP contribution in [0.2, 0.25) is 0 Å². The Labute approximate surface area is 97.3 Å². The molecule has 1 unspecified atom stereocenters. The van der Waals surface area contributed by atoms with Crippen molar-refractivity contribution in [3.05, 3.63) is 11.5 Å². The first-order valence-corrected chi connectivity index (χ1v) is 6.06. The average Bonchev–Trinajstić information content (AvgIpc) is 2.55. The number of hydrogen-bond acceptors (Lipinski definition) is 6. The number of sulfonamides is 1. The molecule has 0 amide bonds. The van der Waals surface area contributed by atoms with Gasteiger partial charge in [-0.1, -0.05) is 5.16 Å². The smallest absolute Gasteiger partial charge is 0.324 e. The highest BCUT2D eigenvalue weighted by molar-refractivity contribution is 7.89. The van der Waals surface area contributed by atoms with Crippen molar-refractivity contribution in [1.82, 2.24) is 9.88 Å². The number of carboxylic acid groups (broad SMARTS) is 1. The van der Waals surface area contributed by atoms with Gasteiger partial charge in [0.15, 0.2) is 5.76 Å². The molecule has 1 heterocycles. The highest BCUT2D eigenvalue weighted by atomic mass is 32.2. The van der Waals surface area contributed by atoms with Gasteiger partial charge in [0.25, 0.3) is 0 Å². The van der Waals surface area contributed by atoms with E-state index < -0.39 is 28.6 Å². The maximum absolute atomic E-state index is 11.8. The minimum Gasteiger partial charge on any atom is -0.480 e. The lowest BCUT2D eigenvalue weighted by Crippen LogP contribution is -2.43. The van der Waals surface area contributed by atoms with Crippen molar-refractivity contribution in [2.24, 2.45) is 0 Å². The highest BCUT2D eigenvalue weighted by Crippen LogP contribution is 2.18. The van der Waals surface area contributed by atoms with Crippen LogP contribution in [-0.4, -0.2) is 42.4 Å². The number of hydrogen-bond donors (Lipinski definition) is 3. The molecular weight excluding hydrogens is 252 g/mol. The zero-order chi connectivity index (χ0) is 13.2. The van der Waals surface area contributed by atoms with Gasteiger partial charge in [0.1, 0.15) is 16.6 Å². The summed E-state index contributed by atoms with van der Waals surface area (Å²) in [5.41, 5.74) is 0.122. The average molecular weight is 264 g/mol. The van der Waals surface area contributed by atoms with Crippen LogP contribution in [0, 0.1) is 13.8 Å². The predicted molar refractivity (Wildman–Crippen MR) is 54.8 cm³/mol. The topological polar surface area (TPSA) is 130 Å². The molecule has 0 saturated carbocycles. The molecule has 1 aromatic heterocycles. The van der Waals surface area contributed by atoms with E-state index in [1.807, 2.05) is 4.72 Å². The van der Waals surface area contributed by atoms with E-state index in [-0.39, 0.29) is 16.3 Å². The molecule has 0 saturated heterocycles. The summed E-state index contributed by atoms with van der Waals surface area (Å²) in [4.78, 5) is 10.4. The predicted octanol–water partition coefficient (Wildman–Crippen LogP) is -0.985. The Balaban J connectivity index is 3.09. The second kappa shape index (κ2) is 4.82. The Kier molecular flexibility index (Phi) is 3.86. The van der Waals surface area contributed by atoms with E-state index in [9.17, 15) is 13.2 Å². The molecule has 9 heteroatoms. The third-order valence-electron chi connectivity index (χ3n) is 2.01. The minimum absolute atomic E-state index is 0.0529. The lowest BCUT2D eigenvalue weighted by Gasteiger charge is -2.11. The summed E-state index contributed by atoms with van der Waals surface area (Å²) >= 11 is 0. The quantitative estimate of drug-likeness (QED) is 0.622. The van der Waals surface area contributed by atoms with Gasteiger partial charge in [-0.15, -0.1) is 0 Å². The van der Waals surface area contributed by atoms with Gasteiger partial charge in [-0.25, -0.2) is 8.42 Å². The Hall–Kier alpha value is -1.45. The van der Waals surface area contributed by atoms with Gasteiger partial charge in [0.2, 0.25) is 10.0 Å². The van der Waals surface area contributed by atoms with Crippen molar-refractivity contribution >= 4 is 16.0 Å². The summed E-state index contributed by atoms with van der Waals surface area (Å²) in [5, 5.41) is 20.9. The number of carboxylic acids is 1. The molecule has 0 radical (unpaired) electrons. The summed E-state index contributed by atoms with van der Waals surface area (Å²) in [5.74, 6) is -1.42. The molecule has 0 aliphatic carbocycles. The van der Waals surface area contributed by atoms with Gasteiger partial charge in [-0.2, -0.15) is 4.72 Å². The van der Waals surface area contributed by atoms with Crippen molar-refractivity contribution in [2.45, 2.75) is 24.8 Å². The first kappa shape index (κ1) is 13.6. The van der Waals surface area contributed by atoms with Crippen molar-refractivity contribution in [1.29, 1.82) is 0 Å². The number of aliphatic hydroxyl groups is 1. The van der Waals surface area contributed by atoms with Crippen molar-refractivity contribution in [3.63, 3.8) is 0 Å². The van der Waals surface area contributed by atoms with Crippen LogP contribution < -0.4 is 4.72 Å². The fourth-order valence-corrected chi connectivity index (χ4v) is 2.78. The van der Waals surface area contributed by atoms with Crippen LogP contribution in [0.5, 0.6) is 0 Å². The fourth-order valence-electron chi connectivity index (χ4n) is 1.27. The molecule has 3 N–H and O–H groups in total. The van der Waals surface area contributed by atoms with Crippen LogP contribution in [0.15, 0.2) is 9.42 Å². The van der Waals surface area contributed by atoms with Crippen LogP contribution >= 0.6 is 0 Å². The lowest BCUT2D eigenvalue weighted by molar-refractivity contribution is -0.139. The highest BCUT2D eigenvalue weighted by Gasteiger charge is 2.29. The number of rotatable bonds is 5. The standard InChI is InChI=1S/C8H12N2O6S/c1-4-7(5(2)16-9-4)17(14,15)10-6(3-11)8(12)13/h6,10-11H,3H2,1-2H3,(H,12,13). The molecule has 0 aromatic carbocycles. The number of aromatic nitrogens is 1. The SMILES string of the molecule is Cc1noc(C)c1S(=O)(=O)NC(CO)C(=O)O. The van der Waals surface area contributed by atoms with E-state index in [2.05, 4.69) is 9.68 Å². The van der Waals surface area contributed by atoms with Crippen LogP contribution in [-0.2, 0) is 14.8 Å². The van der Waals surface area contributed by atoms with Crippen molar-refractivity contribution in [2.75, 3.05) is 6.61 Å². The van der Waals surface area contributed by atoms with Crippen LogP contribution in [0.4, 0.5) is 0 Å². The first-order valence-electron chi connectivity index (χ1n) is 4.58. The zero-order valence-electron chi connectivity index (χ0n) is 9.17. The molecule has 0 fully saturated rings. The molecule has 1 rings (SSSR count). The minimum atomic E-state index is -4.08. The lowest BCUT2D eigenvalue weighted by atomic mass is 10.3. The fraction of sp³-hybridized carbons (Fsp3) is 0.500. The van der Waals surface area contributed by atoms with Gasteiger partial charge in [-0.05, 0) is 13.8 Å². The Morgan fingerprint density at radius 2 is 2.12 bits per heavy atom. The Morgan fingerprint density at radius 1 is 1.53 bits per heavy atom. The number of carbonyl (C=O) groups is 1. The van der Waals surface area contributed by atoms with E-state index in [4.69, 9.17) is 10.2 Å². The third kappa shape index (κ3) is 2.81. The molecule has 96 valence electrons. The Morgan fingerprint density at radius 3 is 2.47 bits per heavy atom. The number of aliphatic hydroxyl groups excluding tert-OH is 1. The normalized spacial score (nSPS) is 13.6. The third-order valence-corrected chi connectivity index (χ3v) is 3.73. The molecule has 17 heavy (non-hydrogen) atoms. The number of nitrogens with zero attached hydrogens (tertiary/aromatic N) is 1. The molecule has 1 aromatic rings. The molecule has 1 atom stereocenters. The summed E-state index contributed by atoms with van der Waals surface area (Å²) in [6.07, 6.45) is 0. The van der Waals surface area contributed by atoms with Crippen molar-refractivity contribution in [3.8, 4) is 0 Å². The molecule has 0 aliphatic rings. The zero-order valence-corrected chi connectivity index (χ0v) is 9.98. The van der Waals surface area contributed by atoms with E-state index in [0.717, 1.165) is 0 Å². The molecule has 8 nitrogen and oxygen atoms in total. The van der Waals surface area contributed by atoms with Crippen LogP contribution in [0.3, 0.4) is 0 Å². The molecular formula is C8H12N2O6S. The van der Waals surface area contributed by atoms with Crippen LogP contribution in [0.25, 0.3) is 0 Å². The molecule has 0 bridgehead atoms. The maximum atomic E-state index is 11.8. The van der Waals surface area contributed by atoms with Gasteiger partial charge < -0.3 is 14.7 Å². The molecule has 0 aliphatic heterocycles. The van der Waals surface area contributed by atoms with E-state index in [1.54, 1.807) is 0 Å². The number of aliphatic carboxylic acids is 1. The van der Waals surface area contributed by atoms with Crippen molar-refractivity contribution < 1.29 is 27.9 Å². The van der Waals surface area contributed by atoms with Gasteiger partial charge in [-0.3, -0.25) is 4.79 Å². The number of aryl methyl sites for hydroxylation is 2. The van der Waals surface area contributed by atoms with Gasteiger partial charge in [0.05, 0.1) is 6.61 Å². The summed E-state index contributed by atoms with van der Waals surface area (Å²) in [6, 6.07) is -1.60. The summed E-state index contributed by atoms with van der Waals surface area (Å²) < 4.78 is 30.2. The van der Waals surface area contributed by atoms with E-state index in [1.165, 1.54) is 13.8 Å². The maximum Gasteiger partial charge on any atom is 0.324 e. The first-order chi connectivity index (χ1) is 7.79. The second-order valence-electron chi connectivity index (χ2n) is 3.35.